The van der Waals surface area contributed by atoms with Crippen molar-refractivity contribution < 1.29 is 9.53 Å². The van der Waals surface area contributed by atoms with Crippen LogP contribution in [0, 0.1) is 0 Å². The molecule has 0 saturated carbocycles. The highest BCUT2D eigenvalue weighted by Crippen LogP contribution is 2.11. The van der Waals surface area contributed by atoms with Crippen LogP contribution < -0.4 is 0 Å². The Labute approximate surface area is 72.9 Å². The number of alkyl halides is 1. The smallest absolute Gasteiger partial charge is 0.175 e. The second kappa shape index (κ2) is 4.07. The van der Waals surface area contributed by atoms with Gasteiger partial charge in [0.05, 0.1) is 11.5 Å². The van der Waals surface area contributed by atoms with Crippen LogP contribution in [0.1, 0.15) is 27.7 Å². The maximum Gasteiger partial charge on any atom is 0.175 e. The molecule has 0 heterocycles. The molecule has 1 unspecified atom stereocenters. The van der Waals surface area contributed by atoms with E-state index in [-0.39, 0.29) is 17.3 Å². The molecule has 0 spiro atoms. The minimum Gasteiger partial charge on any atom is -0.365 e. The lowest BCUT2D eigenvalue weighted by atomic mass is 10.1. The first-order chi connectivity index (χ1) is 4.87. The summed E-state index contributed by atoms with van der Waals surface area (Å²) in [6.45, 7) is 7.44. The average molecular weight is 179 g/mol. The molecule has 0 aliphatic rings. The number of carbonyl (C=O) groups excluding carboxylic acids is 1. The lowest BCUT2D eigenvalue weighted by Gasteiger charge is -2.23. The summed E-state index contributed by atoms with van der Waals surface area (Å²) >= 11 is 5.35. The molecule has 1 atom stereocenters. The molecule has 0 amide bonds. The molecule has 66 valence electrons. The van der Waals surface area contributed by atoms with Crippen molar-refractivity contribution in [2.45, 2.75) is 39.4 Å². The van der Waals surface area contributed by atoms with Gasteiger partial charge in [0.2, 0.25) is 0 Å². The molecule has 0 aromatic carbocycles. The topological polar surface area (TPSA) is 26.3 Å². The van der Waals surface area contributed by atoms with Crippen LogP contribution in [0.2, 0.25) is 0 Å². The summed E-state index contributed by atoms with van der Waals surface area (Å²) in [4.78, 5) is 10.9. The summed E-state index contributed by atoms with van der Waals surface area (Å²) in [5.74, 6) is -0.0429. The van der Waals surface area contributed by atoms with Gasteiger partial charge in [0, 0.05) is 0 Å². The lowest BCUT2D eigenvalue weighted by Crippen LogP contribution is -2.31. The highest BCUT2D eigenvalue weighted by molar-refractivity contribution is 6.28. The van der Waals surface area contributed by atoms with Crippen molar-refractivity contribution in [2.75, 3.05) is 5.88 Å². The monoisotopic (exact) mass is 178 g/mol. The molecule has 0 bridgehead atoms. The number of carbonyl (C=O) groups is 1. The van der Waals surface area contributed by atoms with Crippen LogP contribution in [0.4, 0.5) is 0 Å². The van der Waals surface area contributed by atoms with Crippen molar-refractivity contribution >= 4 is 17.4 Å². The minimum absolute atomic E-state index is 0.0250. The van der Waals surface area contributed by atoms with Crippen molar-refractivity contribution in [3.8, 4) is 0 Å². The molecule has 2 nitrogen and oxygen atoms in total. The van der Waals surface area contributed by atoms with Crippen LogP contribution in [-0.4, -0.2) is 23.4 Å². The fourth-order valence-corrected chi connectivity index (χ4v) is 0.922. The van der Waals surface area contributed by atoms with Crippen LogP contribution in [-0.2, 0) is 9.53 Å². The molecule has 0 saturated heterocycles. The molecule has 0 fully saturated rings. The number of halogens is 1. The van der Waals surface area contributed by atoms with E-state index in [2.05, 4.69) is 0 Å². The second-order valence-corrected chi connectivity index (χ2v) is 3.74. The highest BCUT2D eigenvalue weighted by Gasteiger charge is 2.19. The lowest BCUT2D eigenvalue weighted by molar-refractivity contribution is -0.135. The number of hydrogen-bond donors (Lipinski definition) is 0. The first kappa shape index (κ1) is 10.9. The van der Waals surface area contributed by atoms with E-state index in [1.54, 1.807) is 6.92 Å². The average Bonchev–Trinajstić information content (AvgIpc) is 1.82. The molecule has 3 heteroatoms. The maximum atomic E-state index is 10.9. The van der Waals surface area contributed by atoms with Gasteiger partial charge in [-0.25, -0.2) is 0 Å². The molecular formula is C8H15ClO2. The third-order valence-electron chi connectivity index (χ3n) is 1.12. The van der Waals surface area contributed by atoms with E-state index in [0.29, 0.717) is 0 Å². The van der Waals surface area contributed by atoms with Gasteiger partial charge in [-0.1, -0.05) is 0 Å². The van der Waals surface area contributed by atoms with Crippen LogP contribution >= 0.6 is 11.6 Å². The van der Waals surface area contributed by atoms with Crippen molar-refractivity contribution in [3.63, 3.8) is 0 Å². The van der Waals surface area contributed by atoms with Gasteiger partial charge in [-0.15, -0.1) is 11.6 Å². The Morgan fingerprint density at radius 2 is 2.00 bits per heavy atom. The Bertz CT molecular complexity index is 138. The largest absolute Gasteiger partial charge is 0.365 e. The fourth-order valence-electron chi connectivity index (χ4n) is 0.705. The fraction of sp³-hybridized carbons (Fsp3) is 0.875. The zero-order valence-corrected chi connectivity index (χ0v) is 8.23. The van der Waals surface area contributed by atoms with Gasteiger partial charge >= 0.3 is 0 Å². The number of ketones is 1. The van der Waals surface area contributed by atoms with E-state index >= 15 is 0 Å². The van der Waals surface area contributed by atoms with Crippen molar-refractivity contribution in [3.05, 3.63) is 0 Å². The van der Waals surface area contributed by atoms with Gasteiger partial charge in [0.15, 0.2) is 5.78 Å². The van der Waals surface area contributed by atoms with Crippen LogP contribution in [0.3, 0.4) is 0 Å². The summed E-state index contributed by atoms with van der Waals surface area (Å²) < 4.78 is 5.36. The Kier molecular flexibility index (Phi) is 4.04. The Hall–Kier alpha value is -0.0800. The van der Waals surface area contributed by atoms with Crippen LogP contribution in [0.15, 0.2) is 0 Å². The molecule has 0 aliphatic heterocycles. The summed E-state index contributed by atoms with van der Waals surface area (Å²) in [5.41, 5.74) is -0.277. The third kappa shape index (κ3) is 5.22. The van der Waals surface area contributed by atoms with Gasteiger partial charge in [0.1, 0.15) is 6.10 Å². The van der Waals surface area contributed by atoms with Crippen molar-refractivity contribution in [2.24, 2.45) is 0 Å². The molecule has 0 radical (unpaired) electrons. The van der Waals surface area contributed by atoms with E-state index in [1.807, 2.05) is 20.8 Å². The zero-order chi connectivity index (χ0) is 9.07. The van der Waals surface area contributed by atoms with E-state index in [1.165, 1.54) is 0 Å². The van der Waals surface area contributed by atoms with E-state index in [4.69, 9.17) is 16.3 Å². The SMILES string of the molecule is CC(OC(C)(C)C)C(=O)CCl. The molecule has 0 aromatic heterocycles. The molecule has 0 N–H and O–H groups in total. The predicted molar refractivity (Wildman–Crippen MR) is 46.0 cm³/mol. The standard InChI is InChI=1S/C8H15ClO2/c1-6(7(10)5-9)11-8(2,3)4/h6H,5H2,1-4H3. The molecular weight excluding hydrogens is 164 g/mol. The first-order valence-electron chi connectivity index (χ1n) is 3.63. The number of ether oxygens (including phenoxy) is 1. The van der Waals surface area contributed by atoms with Gasteiger partial charge < -0.3 is 4.74 Å². The van der Waals surface area contributed by atoms with Crippen molar-refractivity contribution in [1.29, 1.82) is 0 Å². The van der Waals surface area contributed by atoms with Crippen LogP contribution in [0.5, 0.6) is 0 Å². The molecule has 0 aliphatic carbocycles. The van der Waals surface area contributed by atoms with Gasteiger partial charge in [-0.2, -0.15) is 0 Å². The number of rotatable bonds is 3. The quantitative estimate of drug-likeness (QED) is 0.618. The van der Waals surface area contributed by atoms with Crippen LogP contribution in [0.25, 0.3) is 0 Å². The van der Waals surface area contributed by atoms with E-state index < -0.39 is 6.10 Å². The molecule has 11 heavy (non-hydrogen) atoms. The summed E-state index contributed by atoms with van der Waals surface area (Å²) in [6, 6.07) is 0. The first-order valence-corrected chi connectivity index (χ1v) is 4.17. The Morgan fingerprint density at radius 1 is 1.55 bits per heavy atom. The Morgan fingerprint density at radius 3 is 2.27 bits per heavy atom. The van der Waals surface area contributed by atoms with E-state index in [9.17, 15) is 4.79 Å². The highest BCUT2D eigenvalue weighted by atomic mass is 35.5. The summed E-state index contributed by atoms with van der Waals surface area (Å²) in [6.07, 6.45) is -0.396. The van der Waals surface area contributed by atoms with Gasteiger partial charge in [0.25, 0.3) is 0 Å². The molecule has 0 aromatic rings. The second-order valence-electron chi connectivity index (χ2n) is 3.47. The predicted octanol–water partition coefficient (Wildman–Crippen LogP) is 2.00. The number of Topliss-reactive ketones (excluding diaryl/α,β-unsaturated/α-hetero) is 1. The van der Waals surface area contributed by atoms with Crippen molar-refractivity contribution in [1.82, 2.24) is 0 Å². The molecule has 0 rings (SSSR count). The number of hydrogen-bond acceptors (Lipinski definition) is 2. The minimum atomic E-state index is -0.396. The van der Waals surface area contributed by atoms with Gasteiger partial charge in [-0.05, 0) is 27.7 Å². The normalized spacial score (nSPS) is 14.6. The maximum absolute atomic E-state index is 10.9. The third-order valence-corrected chi connectivity index (χ3v) is 1.38. The summed E-state index contributed by atoms with van der Waals surface area (Å²) in [7, 11) is 0. The van der Waals surface area contributed by atoms with E-state index in [0.717, 1.165) is 0 Å². The summed E-state index contributed by atoms with van der Waals surface area (Å²) in [5, 5.41) is 0. The Balaban J connectivity index is 3.87. The van der Waals surface area contributed by atoms with Gasteiger partial charge in [-0.3, -0.25) is 4.79 Å². The zero-order valence-electron chi connectivity index (χ0n) is 7.48.